The molecular formula is C23H27F3N6O2. The number of aryl methyl sites for hydroxylation is 1. The lowest BCUT2D eigenvalue weighted by molar-refractivity contribution is -0.140. The molecule has 34 heavy (non-hydrogen) atoms. The van der Waals surface area contributed by atoms with Gasteiger partial charge < -0.3 is 15.0 Å². The lowest BCUT2D eigenvalue weighted by atomic mass is 9.92. The van der Waals surface area contributed by atoms with Crippen LogP contribution >= 0.6 is 0 Å². The van der Waals surface area contributed by atoms with Crippen molar-refractivity contribution in [1.82, 2.24) is 25.1 Å². The molecule has 0 unspecified atom stereocenters. The SMILES string of the molecule is Cc1cc(Nc2nc(C3CCN(C(=O)OC(C)(C)C)CC3)cc3nc(C(F)(F)F)ccc23)n[nH]1. The van der Waals surface area contributed by atoms with Crippen molar-refractivity contribution < 1.29 is 22.7 Å². The first-order valence-corrected chi connectivity index (χ1v) is 11.0. The zero-order valence-corrected chi connectivity index (χ0v) is 19.5. The number of aromatic amines is 1. The fourth-order valence-electron chi connectivity index (χ4n) is 3.90. The van der Waals surface area contributed by atoms with Crippen molar-refractivity contribution in [3.05, 3.63) is 41.3 Å². The predicted octanol–water partition coefficient (Wildman–Crippen LogP) is 5.54. The summed E-state index contributed by atoms with van der Waals surface area (Å²) in [4.78, 5) is 22.6. The monoisotopic (exact) mass is 476 g/mol. The van der Waals surface area contributed by atoms with Gasteiger partial charge in [0.2, 0.25) is 0 Å². The Morgan fingerprint density at radius 3 is 2.44 bits per heavy atom. The van der Waals surface area contributed by atoms with Crippen LogP contribution in [0.15, 0.2) is 24.3 Å². The molecule has 3 aromatic heterocycles. The topological polar surface area (TPSA) is 96.0 Å². The minimum absolute atomic E-state index is 0.0408. The molecule has 1 aliphatic heterocycles. The maximum Gasteiger partial charge on any atom is 0.433 e. The Morgan fingerprint density at radius 2 is 1.85 bits per heavy atom. The van der Waals surface area contributed by atoms with Crippen LogP contribution in [0.2, 0.25) is 0 Å². The number of pyridine rings is 2. The molecule has 0 saturated carbocycles. The summed E-state index contributed by atoms with van der Waals surface area (Å²) in [6.45, 7) is 8.22. The fraction of sp³-hybridized carbons (Fsp3) is 0.478. The third-order valence-corrected chi connectivity index (χ3v) is 5.51. The summed E-state index contributed by atoms with van der Waals surface area (Å²) >= 11 is 0. The first kappa shape index (κ1) is 23.8. The van der Waals surface area contributed by atoms with E-state index in [-0.39, 0.29) is 17.5 Å². The number of rotatable bonds is 3. The van der Waals surface area contributed by atoms with Crippen LogP contribution < -0.4 is 5.32 Å². The highest BCUT2D eigenvalue weighted by Gasteiger charge is 2.33. The second kappa shape index (κ2) is 8.77. The van der Waals surface area contributed by atoms with Crippen molar-refractivity contribution in [3.8, 4) is 0 Å². The van der Waals surface area contributed by atoms with E-state index < -0.39 is 17.5 Å². The van der Waals surface area contributed by atoms with Gasteiger partial charge in [-0.3, -0.25) is 5.10 Å². The summed E-state index contributed by atoms with van der Waals surface area (Å²) in [7, 11) is 0. The molecule has 0 bridgehead atoms. The number of aromatic nitrogens is 4. The van der Waals surface area contributed by atoms with Gasteiger partial charge in [-0.05, 0) is 58.7 Å². The highest BCUT2D eigenvalue weighted by atomic mass is 19.4. The minimum atomic E-state index is -4.55. The molecule has 182 valence electrons. The number of fused-ring (bicyclic) bond motifs is 1. The second-order valence-electron chi connectivity index (χ2n) is 9.46. The van der Waals surface area contributed by atoms with E-state index in [0.29, 0.717) is 48.6 Å². The highest BCUT2D eigenvalue weighted by molar-refractivity contribution is 5.91. The van der Waals surface area contributed by atoms with Gasteiger partial charge in [0.15, 0.2) is 5.82 Å². The highest BCUT2D eigenvalue weighted by Crippen LogP contribution is 2.35. The van der Waals surface area contributed by atoms with Crippen LogP contribution in [0, 0.1) is 6.92 Å². The van der Waals surface area contributed by atoms with Gasteiger partial charge in [-0.2, -0.15) is 18.3 Å². The van der Waals surface area contributed by atoms with E-state index in [4.69, 9.17) is 9.72 Å². The maximum atomic E-state index is 13.3. The Bertz CT molecular complexity index is 1190. The molecule has 4 rings (SSSR count). The van der Waals surface area contributed by atoms with Crippen LogP contribution in [0.3, 0.4) is 0 Å². The van der Waals surface area contributed by atoms with Gasteiger partial charge in [0, 0.05) is 41.8 Å². The summed E-state index contributed by atoms with van der Waals surface area (Å²) in [6.07, 6.45) is -3.70. The van der Waals surface area contributed by atoms with Crippen LogP contribution in [0.4, 0.5) is 29.6 Å². The molecule has 1 aliphatic rings. The van der Waals surface area contributed by atoms with Crippen molar-refractivity contribution in [2.45, 2.75) is 58.2 Å². The second-order valence-corrected chi connectivity index (χ2v) is 9.46. The van der Waals surface area contributed by atoms with Crippen molar-refractivity contribution in [2.24, 2.45) is 0 Å². The molecule has 0 aliphatic carbocycles. The first-order valence-electron chi connectivity index (χ1n) is 11.0. The summed E-state index contributed by atoms with van der Waals surface area (Å²) in [6, 6.07) is 5.70. The van der Waals surface area contributed by atoms with Gasteiger partial charge >= 0.3 is 12.3 Å². The number of anilines is 2. The van der Waals surface area contributed by atoms with Gasteiger partial charge in [-0.15, -0.1) is 0 Å². The molecular weight excluding hydrogens is 449 g/mol. The number of nitrogens with zero attached hydrogens (tertiary/aromatic N) is 4. The van der Waals surface area contributed by atoms with E-state index in [0.717, 1.165) is 11.8 Å². The molecule has 0 spiro atoms. The van der Waals surface area contributed by atoms with Crippen molar-refractivity contribution in [1.29, 1.82) is 0 Å². The Kier molecular flexibility index (Phi) is 6.13. The molecule has 1 amide bonds. The number of carbonyl (C=O) groups excluding carboxylic acids is 1. The van der Waals surface area contributed by atoms with Crippen molar-refractivity contribution in [2.75, 3.05) is 18.4 Å². The number of hydrogen-bond donors (Lipinski definition) is 2. The van der Waals surface area contributed by atoms with Crippen molar-refractivity contribution >= 4 is 28.6 Å². The standard InChI is InChI=1S/C23H27F3N6O2/c1-13-11-19(31-30-13)29-20-15-5-6-18(23(24,25)26)27-17(15)12-16(28-20)14-7-9-32(10-8-14)21(33)34-22(2,3)4/h5-6,11-12,14H,7-10H2,1-4H3,(H2,28,29,30,31). The van der Waals surface area contributed by atoms with E-state index in [1.807, 2.05) is 27.7 Å². The van der Waals surface area contributed by atoms with Crippen molar-refractivity contribution in [3.63, 3.8) is 0 Å². The first-order chi connectivity index (χ1) is 15.9. The average Bonchev–Trinajstić information content (AvgIpc) is 3.16. The van der Waals surface area contributed by atoms with Crippen LogP contribution in [-0.2, 0) is 10.9 Å². The number of likely N-dealkylation sites (tertiary alicyclic amines) is 1. The van der Waals surface area contributed by atoms with Crippen LogP contribution in [0.5, 0.6) is 0 Å². The molecule has 0 aromatic carbocycles. The molecule has 0 atom stereocenters. The predicted molar refractivity (Wildman–Crippen MR) is 121 cm³/mol. The molecule has 0 radical (unpaired) electrons. The number of H-pyrrole nitrogens is 1. The zero-order chi connectivity index (χ0) is 24.7. The maximum absolute atomic E-state index is 13.3. The molecule has 8 nitrogen and oxygen atoms in total. The van der Waals surface area contributed by atoms with E-state index >= 15 is 0 Å². The fourth-order valence-corrected chi connectivity index (χ4v) is 3.90. The molecule has 1 fully saturated rings. The Hall–Kier alpha value is -3.37. The molecule has 11 heteroatoms. The van der Waals surface area contributed by atoms with Gasteiger partial charge in [-0.25, -0.2) is 14.8 Å². The Labute approximate surface area is 194 Å². The normalized spacial score (nSPS) is 15.6. The van der Waals surface area contributed by atoms with E-state index in [1.54, 1.807) is 17.0 Å². The lowest BCUT2D eigenvalue weighted by Crippen LogP contribution is -2.41. The minimum Gasteiger partial charge on any atom is -0.444 e. The Morgan fingerprint density at radius 1 is 1.15 bits per heavy atom. The smallest absolute Gasteiger partial charge is 0.433 e. The number of alkyl halides is 3. The van der Waals surface area contributed by atoms with Gasteiger partial charge in [0.1, 0.15) is 17.1 Å². The van der Waals surface area contributed by atoms with Gasteiger partial charge in [-0.1, -0.05) is 0 Å². The van der Waals surface area contributed by atoms with E-state index in [2.05, 4.69) is 20.5 Å². The average molecular weight is 477 g/mol. The molecule has 1 saturated heterocycles. The van der Waals surface area contributed by atoms with Gasteiger partial charge in [0.05, 0.1) is 5.52 Å². The quantitative estimate of drug-likeness (QED) is 0.515. The third kappa shape index (κ3) is 5.40. The Balaban J connectivity index is 1.63. The number of carbonyl (C=O) groups is 1. The number of nitrogens with one attached hydrogen (secondary N) is 2. The largest absolute Gasteiger partial charge is 0.444 e. The summed E-state index contributed by atoms with van der Waals surface area (Å²) in [5.41, 5.74) is 0.108. The summed E-state index contributed by atoms with van der Waals surface area (Å²) < 4.78 is 45.3. The van der Waals surface area contributed by atoms with Crippen LogP contribution in [0.1, 0.15) is 56.6 Å². The lowest BCUT2D eigenvalue weighted by Gasteiger charge is -2.33. The number of halogens is 3. The summed E-state index contributed by atoms with van der Waals surface area (Å²) in [5.74, 6) is 0.846. The number of ether oxygens (including phenoxy) is 1. The van der Waals surface area contributed by atoms with Crippen LogP contribution in [-0.4, -0.2) is 49.8 Å². The van der Waals surface area contributed by atoms with Crippen LogP contribution in [0.25, 0.3) is 10.9 Å². The number of piperidine rings is 1. The molecule has 2 N–H and O–H groups in total. The zero-order valence-electron chi connectivity index (χ0n) is 19.5. The molecule has 4 heterocycles. The number of amides is 1. The third-order valence-electron chi connectivity index (χ3n) is 5.51. The summed E-state index contributed by atoms with van der Waals surface area (Å²) in [5, 5.41) is 10.5. The molecule has 3 aromatic rings. The van der Waals surface area contributed by atoms with E-state index in [1.165, 1.54) is 6.07 Å². The van der Waals surface area contributed by atoms with Gasteiger partial charge in [0.25, 0.3) is 0 Å². The number of hydrogen-bond acceptors (Lipinski definition) is 6. The van der Waals surface area contributed by atoms with E-state index in [9.17, 15) is 18.0 Å².